The van der Waals surface area contributed by atoms with Gasteiger partial charge in [-0.05, 0) is 37.5 Å². The second-order valence-corrected chi connectivity index (χ2v) is 6.09. The SMILES string of the molecule is CCCc1cc(C(=O)N2CCCC2CC(O)c2ccco2)n[nH]1. The summed E-state index contributed by atoms with van der Waals surface area (Å²) in [6.45, 7) is 2.80. The molecule has 3 heterocycles. The molecule has 1 fully saturated rings. The summed E-state index contributed by atoms with van der Waals surface area (Å²) in [6.07, 6.45) is 5.11. The van der Waals surface area contributed by atoms with Crippen molar-refractivity contribution in [2.24, 2.45) is 0 Å². The summed E-state index contributed by atoms with van der Waals surface area (Å²) in [4.78, 5) is 14.5. The van der Waals surface area contributed by atoms with E-state index in [2.05, 4.69) is 17.1 Å². The molecule has 0 aromatic carbocycles. The first-order valence-electron chi connectivity index (χ1n) is 8.25. The summed E-state index contributed by atoms with van der Waals surface area (Å²) < 4.78 is 5.25. The summed E-state index contributed by atoms with van der Waals surface area (Å²) >= 11 is 0. The Morgan fingerprint density at radius 3 is 3.22 bits per heavy atom. The zero-order valence-corrected chi connectivity index (χ0v) is 13.4. The number of nitrogens with zero attached hydrogens (tertiary/aromatic N) is 2. The highest BCUT2D eigenvalue weighted by atomic mass is 16.4. The first kappa shape index (κ1) is 15.8. The summed E-state index contributed by atoms with van der Waals surface area (Å²) in [5.41, 5.74) is 1.45. The molecule has 2 aromatic heterocycles. The quantitative estimate of drug-likeness (QED) is 0.858. The number of aliphatic hydroxyl groups excluding tert-OH is 1. The highest BCUT2D eigenvalue weighted by Gasteiger charge is 2.32. The molecule has 124 valence electrons. The van der Waals surface area contributed by atoms with E-state index in [9.17, 15) is 9.90 Å². The maximum atomic E-state index is 12.7. The van der Waals surface area contributed by atoms with E-state index < -0.39 is 6.10 Å². The van der Waals surface area contributed by atoms with Gasteiger partial charge in [0.2, 0.25) is 0 Å². The fourth-order valence-corrected chi connectivity index (χ4v) is 3.22. The van der Waals surface area contributed by atoms with Gasteiger partial charge < -0.3 is 14.4 Å². The van der Waals surface area contributed by atoms with Crippen LogP contribution in [0.25, 0.3) is 0 Å². The summed E-state index contributed by atoms with van der Waals surface area (Å²) in [6, 6.07) is 5.38. The molecule has 0 radical (unpaired) electrons. The molecule has 6 nitrogen and oxygen atoms in total. The average Bonchev–Trinajstić information content (AvgIpc) is 3.28. The lowest BCUT2D eigenvalue weighted by molar-refractivity contribution is 0.0636. The number of rotatable bonds is 6. The molecular formula is C17H23N3O3. The van der Waals surface area contributed by atoms with E-state index in [1.54, 1.807) is 18.4 Å². The molecule has 1 amide bonds. The zero-order chi connectivity index (χ0) is 16.2. The molecule has 1 aliphatic heterocycles. The molecule has 1 aliphatic rings. The first-order chi connectivity index (χ1) is 11.2. The lowest BCUT2D eigenvalue weighted by Gasteiger charge is -2.25. The van der Waals surface area contributed by atoms with Crippen LogP contribution in [0.4, 0.5) is 0 Å². The van der Waals surface area contributed by atoms with Crippen molar-refractivity contribution in [1.82, 2.24) is 15.1 Å². The van der Waals surface area contributed by atoms with Crippen LogP contribution in [0.15, 0.2) is 28.9 Å². The lowest BCUT2D eigenvalue weighted by atomic mass is 10.0. The van der Waals surface area contributed by atoms with Gasteiger partial charge in [-0.1, -0.05) is 13.3 Å². The van der Waals surface area contributed by atoms with Gasteiger partial charge in [0.05, 0.1) is 6.26 Å². The predicted octanol–water partition coefficient (Wildman–Crippen LogP) is 2.68. The lowest BCUT2D eigenvalue weighted by Crippen LogP contribution is -2.36. The highest BCUT2D eigenvalue weighted by Crippen LogP contribution is 2.28. The third-order valence-corrected chi connectivity index (χ3v) is 4.37. The van der Waals surface area contributed by atoms with E-state index in [1.807, 2.05) is 11.0 Å². The Bertz CT molecular complexity index is 635. The van der Waals surface area contributed by atoms with Crippen molar-refractivity contribution < 1.29 is 14.3 Å². The summed E-state index contributed by atoms with van der Waals surface area (Å²) in [7, 11) is 0. The normalized spacial score (nSPS) is 19.2. The van der Waals surface area contributed by atoms with Gasteiger partial charge in [0.1, 0.15) is 17.6 Å². The standard InChI is InChI=1S/C17H23N3O3/c1-2-5-12-10-14(19-18-12)17(22)20-8-3-6-13(20)11-15(21)16-7-4-9-23-16/h4,7,9-10,13,15,21H,2-3,5-6,8,11H2,1H3,(H,18,19). The number of hydrogen-bond donors (Lipinski definition) is 2. The van der Waals surface area contributed by atoms with Crippen molar-refractivity contribution in [3.63, 3.8) is 0 Å². The Labute approximate surface area is 135 Å². The van der Waals surface area contributed by atoms with E-state index in [0.717, 1.165) is 31.4 Å². The van der Waals surface area contributed by atoms with Crippen LogP contribution in [0.1, 0.15) is 60.7 Å². The number of aryl methyl sites for hydroxylation is 1. The molecule has 2 unspecified atom stereocenters. The molecule has 2 atom stereocenters. The van der Waals surface area contributed by atoms with Crippen LogP contribution in [-0.2, 0) is 6.42 Å². The number of amides is 1. The van der Waals surface area contributed by atoms with Gasteiger partial charge in [0.25, 0.3) is 5.91 Å². The van der Waals surface area contributed by atoms with Crippen molar-refractivity contribution in [3.05, 3.63) is 41.6 Å². The molecule has 23 heavy (non-hydrogen) atoms. The van der Waals surface area contributed by atoms with Gasteiger partial charge in [0.15, 0.2) is 0 Å². The van der Waals surface area contributed by atoms with Gasteiger partial charge >= 0.3 is 0 Å². The van der Waals surface area contributed by atoms with E-state index in [-0.39, 0.29) is 11.9 Å². The molecule has 2 aromatic rings. The van der Waals surface area contributed by atoms with Crippen LogP contribution in [0.2, 0.25) is 0 Å². The van der Waals surface area contributed by atoms with Gasteiger partial charge in [-0.2, -0.15) is 5.10 Å². The number of nitrogens with one attached hydrogen (secondary N) is 1. The number of likely N-dealkylation sites (tertiary alicyclic amines) is 1. The highest BCUT2D eigenvalue weighted by molar-refractivity contribution is 5.92. The van der Waals surface area contributed by atoms with Crippen molar-refractivity contribution in [2.45, 2.75) is 51.2 Å². The van der Waals surface area contributed by atoms with E-state index >= 15 is 0 Å². The van der Waals surface area contributed by atoms with Crippen molar-refractivity contribution >= 4 is 5.91 Å². The number of aromatic nitrogens is 2. The zero-order valence-electron chi connectivity index (χ0n) is 13.4. The fourth-order valence-electron chi connectivity index (χ4n) is 3.22. The smallest absolute Gasteiger partial charge is 0.274 e. The van der Waals surface area contributed by atoms with Crippen LogP contribution in [0.5, 0.6) is 0 Å². The van der Waals surface area contributed by atoms with Crippen LogP contribution < -0.4 is 0 Å². The molecule has 6 heteroatoms. The van der Waals surface area contributed by atoms with Crippen molar-refractivity contribution in [1.29, 1.82) is 0 Å². The third kappa shape index (κ3) is 3.47. The molecule has 1 saturated heterocycles. The number of furan rings is 1. The van der Waals surface area contributed by atoms with E-state index in [1.165, 1.54) is 0 Å². The molecular weight excluding hydrogens is 294 g/mol. The van der Waals surface area contributed by atoms with Crippen LogP contribution in [0, 0.1) is 0 Å². The molecule has 0 saturated carbocycles. The van der Waals surface area contributed by atoms with Gasteiger partial charge in [-0.15, -0.1) is 0 Å². The number of carbonyl (C=O) groups is 1. The Kier molecular flexibility index (Phi) is 4.81. The van der Waals surface area contributed by atoms with Crippen molar-refractivity contribution in [3.8, 4) is 0 Å². The summed E-state index contributed by atoms with van der Waals surface area (Å²) in [5, 5.41) is 17.3. The van der Waals surface area contributed by atoms with Crippen LogP contribution in [0.3, 0.4) is 0 Å². The molecule has 0 bridgehead atoms. The maximum absolute atomic E-state index is 12.7. The topological polar surface area (TPSA) is 82.4 Å². The Hall–Kier alpha value is -2.08. The molecule has 3 rings (SSSR count). The molecule has 2 N–H and O–H groups in total. The monoisotopic (exact) mass is 317 g/mol. The second kappa shape index (κ2) is 7.00. The van der Waals surface area contributed by atoms with Gasteiger partial charge in [-0.25, -0.2) is 0 Å². The number of carbonyl (C=O) groups excluding carboxylic acids is 1. The van der Waals surface area contributed by atoms with Gasteiger partial charge in [-0.3, -0.25) is 9.89 Å². The Morgan fingerprint density at radius 1 is 1.61 bits per heavy atom. The average molecular weight is 317 g/mol. The third-order valence-electron chi connectivity index (χ3n) is 4.37. The first-order valence-corrected chi connectivity index (χ1v) is 8.25. The molecule has 0 aliphatic carbocycles. The predicted molar refractivity (Wildman–Crippen MR) is 84.9 cm³/mol. The minimum atomic E-state index is -0.682. The number of aromatic amines is 1. The fraction of sp³-hybridized carbons (Fsp3) is 0.529. The Morgan fingerprint density at radius 2 is 2.48 bits per heavy atom. The van der Waals surface area contributed by atoms with Crippen LogP contribution >= 0.6 is 0 Å². The minimum absolute atomic E-state index is 0.0222. The summed E-state index contributed by atoms with van der Waals surface area (Å²) in [5.74, 6) is 0.493. The number of aliphatic hydroxyl groups is 1. The largest absolute Gasteiger partial charge is 0.467 e. The minimum Gasteiger partial charge on any atom is -0.467 e. The van der Waals surface area contributed by atoms with Crippen molar-refractivity contribution in [2.75, 3.05) is 6.54 Å². The van der Waals surface area contributed by atoms with Crippen LogP contribution in [-0.4, -0.2) is 38.7 Å². The maximum Gasteiger partial charge on any atom is 0.274 e. The Balaban J connectivity index is 1.66. The van der Waals surface area contributed by atoms with E-state index in [0.29, 0.717) is 24.4 Å². The number of hydrogen-bond acceptors (Lipinski definition) is 4. The van der Waals surface area contributed by atoms with E-state index in [4.69, 9.17) is 4.42 Å². The van der Waals surface area contributed by atoms with Gasteiger partial charge in [0, 0.05) is 24.7 Å². The molecule has 0 spiro atoms. The second-order valence-electron chi connectivity index (χ2n) is 6.09. The number of H-pyrrole nitrogens is 1.